The molecule has 1 aromatic carbocycles. The summed E-state index contributed by atoms with van der Waals surface area (Å²) in [5.74, 6) is -11.0. The van der Waals surface area contributed by atoms with Crippen LogP contribution >= 0.6 is 0 Å². The molecule has 0 unspecified atom stereocenters. The molecular formula is C18H20F7NO2. The molecule has 0 aromatic heterocycles. The van der Waals surface area contributed by atoms with Crippen LogP contribution in [0.1, 0.15) is 12.0 Å². The van der Waals surface area contributed by atoms with E-state index in [1.165, 1.54) is 7.11 Å². The molecule has 1 fully saturated rings. The summed E-state index contributed by atoms with van der Waals surface area (Å²) < 4.78 is 104. The number of morpholine rings is 1. The van der Waals surface area contributed by atoms with E-state index in [4.69, 9.17) is 9.47 Å². The van der Waals surface area contributed by atoms with Gasteiger partial charge in [0.1, 0.15) is 5.75 Å². The summed E-state index contributed by atoms with van der Waals surface area (Å²) in [5.41, 5.74) is -0.629. The molecule has 1 heterocycles. The van der Waals surface area contributed by atoms with Crippen LogP contribution in [0.5, 0.6) is 5.75 Å². The Labute approximate surface area is 157 Å². The summed E-state index contributed by atoms with van der Waals surface area (Å²) in [4.78, 5) is 0.831. The number of methoxy groups -OCH3 is 1. The largest absolute Gasteiger partial charge is 0.497 e. The zero-order valence-electron chi connectivity index (χ0n) is 15.0. The minimum Gasteiger partial charge on any atom is -0.497 e. The molecule has 1 saturated heterocycles. The van der Waals surface area contributed by atoms with Gasteiger partial charge in [0.15, 0.2) is 0 Å². The Morgan fingerprint density at radius 2 is 1.61 bits per heavy atom. The van der Waals surface area contributed by atoms with E-state index >= 15 is 0 Å². The fraction of sp³-hybridized carbons (Fsp3) is 0.556. The molecule has 0 bridgehead atoms. The highest BCUT2D eigenvalue weighted by Crippen LogP contribution is 2.50. The average Bonchev–Trinajstić information content (AvgIpc) is 2.65. The van der Waals surface area contributed by atoms with Crippen LogP contribution in [0, 0.1) is 0 Å². The van der Waals surface area contributed by atoms with Gasteiger partial charge in [0.05, 0.1) is 26.0 Å². The number of hydrogen-bond acceptors (Lipinski definition) is 3. The maximum Gasteiger partial charge on any atom is 0.460 e. The van der Waals surface area contributed by atoms with E-state index in [0.717, 1.165) is 11.0 Å². The maximum atomic E-state index is 14.3. The van der Waals surface area contributed by atoms with Crippen molar-refractivity contribution in [2.24, 2.45) is 0 Å². The van der Waals surface area contributed by atoms with Crippen molar-refractivity contribution in [2.45, 2.75) is 30.9 Å². The van der Waals surface area contributed by atoms with E-state index < -0.39 is 23.7 Å². The van der Waals surface area contributed by atoms with Gasteiger partial charge >= 0.3 is 18.0 Å². The fourth-order valence-electron chi connectivity index (χ4n) is 2.77. The van der Waals surface area contributed by atoms with Crippen molar-refractivity contribution in [3.05, 3.63) is 41.6 Å². The van der Waals surface area contributed by atoms with E-state index in [-0.39, 0.29) is 39.1 Å². The lowest BCUT2D eigenvalue weighted by atomic mass is 10.0. The highest BCUT2D eigenvalue weighted by atomic mass is 19.4. The van der Waals surface area contributed by atoms with Gasteiger partial charge in [-0.15, -0.1) is 0 Å². The molecule has 0 saturated carbocycles. The molecule has 1 aromatic rings. The Morgan fingerprint density at radius 3 is 2.11 bits per heavy atom. The highest BCUT2D eigenvalue weighted by molar-refractivity contribution is 5.28. The van der Waals surface area contributed by atoms with Crippen LogP contribution in [0.15, 0.2) is 36.0 Å². The normalized spacial score (nSPS) is 17.0. The molecule has 1 aliphatic rings. The average molecular weight is 415 g/mol. The molecule has 0 amide bonds. The first-order valence-electron chi connectivity index (χ1n) is 8.49. The first-order chi connectivity index (χ1) is 13.0. The molecule has 0 spiro atoms. The second kappa shape index (κ2) is 8.59. The van der Waals surface area contributed by atoms with Crippen molar-refractivity contribution in [1.29, 1.82) is 0 Å². The van der Waals surface area contributed by atoms with Crippen molar-refractivity contribution < 1.29 is 40.2 Å². The van der Waals surface area contributed by atoms with Gasteiger partial charge in [-0.25, -0.2) is 0 Å². The number of rotatable bonds is 7. The third-order valence-electron chi connectivity index (χ3n) is 4.35. The molecule has 0 N–H and O–H groups in total. The third-order valence-corrected chi connectivity index (χ3v) is 4.35. The first kappa shape index (κ1) is 22.3. The Hall–Kier alpha value is -1.97. The van der Waals surface area contributed by atoms with Gasteiger partial charge in [-0.05, 0) is 30.5 Å². The molecule has 3 nitrogen and oxygen atoms in total. The van der Waals surface area contributed by atoms with Crippen molar-refractivity contribution >= 4 is 0 Å². The lowest BCUT2D eigenvalue weighted by Crippen LogP contribution is -2.56. The Bertz CT molecular complexity index is 666. The van der Waals surface area contributed by atoms with E-state index in [1.54, 1.807) is 24.3 Å². The van der Waals surface area contributed by atoms with E-state index in [9.17, 15) is 30.7 Å². The van der Waals surface area contributed by atoms with Crippen molar-refractivity contribution in [1.82, 2.24) is 4.90 Å². The van der Waals surface area contributed by atoms with Gasteiger partial charge in [-0.1, -0.05) is 18.2 Å². The summed E-state index contributed by atoms with van der Waals surface area (Å²) in [6.07, 6.45) is -5.57. The number of ether oxygens (including phenoxy) is 2. The van der Waals surface area contributed by atoms with Crippen LogP contribution in [0.4, 0.5) is 30.7 Å². The van der Waals surface area contributed by atoms with Gasteiger partial charge in [-0.2, -0.15) is 30.7 Å². The van der Waals surface area contributed by atoms with E-state index in [2.05, 4.69) is 0 Å². The van der Waals surface area contributed by atoms with Gasteiger partial charge in [0, 0.05) is 13.1 Å². The monoisotopic (exact) mass is 415 g/mol. The molecule has 10 heteroatoms. The number of nitrogens with zero attached hydrogens (tertiary/aromatic N) is 1. The standard InChI is InChI=1S/C18H20F7NO2/c1-27-14-7-5-13(6-8-14)3-2-4-15(26-9-11-28-12-10-26)16(19,20)17(21,22)18(23,24)25/h4-8H,2-3,9-12H2,1H3/b15-4-. The topological polar surface area (TPSA) is 21.7 Å². The number of alkyl halides is 7. The molecule has 0 radical (unpaired) electrons. The van der Waals surface area contributed by atoms with Crippen molar-refractivity contribution in [2.75, 3.05) is 33.4 Å². The Balaban J connectivity index is 2.26. The number of hydrogen-bond donors (Lipinski definition) is 0. The summed E-state index contributed by atoms with van der Waals surface area (Å²) in [6.45, 7) is -0.469. The maximum absolute atomic E-state index is 14.3. The predicted octanol–water partition coefficient (Wildman–Crippen LogP) is 4.68. The number of benzene rings is 1. The summed E-state index contributed by atoms with van der Waals surface area (Å²) in [5, 5.41) is 0. The van der Waals surface area contributed by atoms with Gasteiger partial charge in [0.2, 0.25) is 0 Å². The van der Waals surface area contributed by atoms with Crippen LogP contribution in [0.3, 0.4) is 0 Å². The smallest absolute Gasteiger partial charge is 0.460 e. The van der Waals surface area contributed by atoms with Crippen LogP contribution < -0.4 is 4.74 Å². The van der Waals surface area contributed by atoms with Gasteiger partial charge < -0.3 is 14.4 Å². The molecular weight excluding hydrogens is 395 g/mol. The minimum atomic E-state index is -6.38. The summed E-state index contributed by atoms with van der Waals surface area (Å²) >= 11 is 0. The second-order valence-electron chi connectivity index (χ2n) is 6.22. The fourth-order valence-corrected chi connectivity index (χ4v) is 2.77. The Morgan fingerprint density at radius 1 is 1.04 bits per heavy atom. The number of aryl methyl sites for hydroxylation is 1. The van der Waals surface area contributed by atoms with Crippen molar-refractivity contribution in [3.63, 3.8) is 0 Å². The van der Waals surface area contributed by atoms with Crippen LogP contribution in [-0.2, 0) is 11.2 Å². The summed E-state index contributed by atoms with van der Waals surface area (Å²) in [7, 11) is 1.47. The molecule has 0 atom stereocenters. The highest BCUT2D eigenvalue weighted by Gasteiger charge is 2.74. The zero-order chi connectivity index (χ0) is 21.0. The van der Waals surface area contributed by atoms with Crippen LogP contribution in [0.25, 0.3) is 0 Å². The van der Waals surface area contributed by atoms with Gasteiger partial charge in [0.25, 0.3) is 0 Å². The number of halogens is 7. The van der Waals surface area contributed by atoms with Gasteiger partial charge in [-0.3, -0.25) is 0 Å². The molecule has 2 rings (SSSR count). The molecule has 158 valence electrons. The number of allylic oxidation sites excluding steroid dienone is 2. The van der Waals surface area contributed by atoms with Crippen molar-refractivity contribution in [3.8, 4) is 5.75 Å². The quantitative estimate of drug-likeness (QED) is 0.604. The van der Waals surface area contributed by atoms with E-state index in [0.29, 0.717) is 11.3 Å². The van der Waals surface area contributed by atoms with Crippen LogP contribution in [0.2, 0.25) is 0 Å². The molecule has 1 aliphatic heterocycles. The lowest BCUT2D eigenvalue weighted by molar-refractivity contribution is -0.348. The molecule has 0 aliphatic carbocycles. The second-order valence-corrected chi connectivity index (χ2v) is 6.22. The zero-order valence-corrected chi connectivity index (χ0v) is 15.0. The Kier molecular flexibility index (Phi) is 6.84. The van der Waals surface area contributed by atoms with E-state index in [1.807, 2.05) is 0 Å². The summed E-state index contributed by atoms with van der Waals surface area (Å²) in [6, 6.07) is 6.58. The SMILES string of the molecule is COc1ccc(CC/C=C(\N2CCOCC2)C(F)(F)C(F)(F)C(F)(F)F)cc1. The lowest BCUT2D eigenvalue weighted by Gasteiger charge is -2.38. The van der Waals surface area contributed by atoms with Crippen LogP contribution in [-0.4, -0.2) is 56.3 Å². The molecule has 28 heavy (non-hydrogen) atoms. The predicted molar refractivity (Wildman–Crippen MR) is 87.7 cm³/mol. The minimum absolute atomic E-state index is 0.0382. The first-order valence-corrected chi connectivity index (χ1v) is 8.49. The third kappa shape index (κ3) is 4.71.